The average molecular weight is 204 g/mol. The van der Waals surface area contributed by atoms with Gasteiger partial charge < -0.3 is 0 Å². The van der Waals surface area contributed by atoms with Crippen molar-refractivity contribution in [1.82, 2.24) is 0 Å². The van der Waals surface area contributed by atoms with Crippen molar-refractivity contribution in [2.24, 2.45) is 0 Å². The number of hydrogen-bond donors (Lipinski definition) is 0. The number of sulfone groups is 1. The molecule has 0 spiro atoms. The van der Waals surface area contributed by atoms with Gasteiger partial charge in [-0.25, -0.2) is 8.42 Å². The average Bonchev–Trinajstić information content (AvgIpc) is 2.05. The number of halogens is 1. The Kier molecular flexibility index (Phi) is 2.75. The molecule has 0 atom stereocenters. The Labute approximate surface area is 77.1 Å². The molecule has 0 N–H and O–H groups in total. The molecule has 4 heteroatoms. The van der Waals surface area contributed by atoms with E-state index in [0.717, 1.165) is 0 Å². The molecule has 0 aliphatic rings. The minimum atomic E-state index is -3.13. The van der Waals surface area contributed by atoms with Gasteiger partial charge >= 0.3 is 0 Å². The topological polar surface area (TPSA) is 34.1 Å². The summed E-state index contributed by atoms with van der Waals surface area (Å²) in [4.78, 5) is 0.203. The Morgan fingerprint density at radius 3 is 2.58 bits per heavy atom. The lowest BCUT2D eigenvalue weighted by Gasteiger charge is -1.98. The van der Waals surface area contributed by atoms with Crippen LogP contribution in [0.3, 0.4) is 0 Å². The van der Waals surface area contributed by atoms with Gasteiger partial charge in [0.1, 0.15) is 0 Å². The van der Waals surface area contributed by atoms with Gasteiger partial charge in [0.2, 0.25) is 0 Å². The largest absolute Gasteiger partial charge is 0.224 e. The van der Waals surface area contributed by atoms with Gasteiger partial charge in [0.15, 0.2) is 9.84 Å². The first-order valence-corrected chi connectivity index (χ1v) is 5.49. The molecule has 0 fully saturated rings. The lowest BCUT2D eigenvalue weighted by molar-refractivity contribution is 0.597. The molecular formula is C8H8ClO2S. The molecule has 1 aromatic rings. The highest BCUT2D eigenvalue weighted by molar-refractivity contribution is 7.91. The van der Waals surface area contributed by atoms with E-state index in [0.29, 0.717) is 5.02 Å². The Hall–Kier alpha value is -0.540. The summed E-state index contributed by atoms with van der Waals surface area (Å²) < 4.78 is 22.5. The molecule has 0 aliphatic carbocycles. The van der Waals surface area contributed by atoms with Crippen molar-refractivity contribution in [1.29, 1.82) is 0 Å². The summed E-state index contributed by atoms with van der Waals surface area (Å²) in [5, 5.41) is 0.491. The van der Waals surface area contributed by atoms with E-state index in [1.807, 2.05) is 0 Å². The van der Waals surface area contributed by atoms with Crippen molar-refractivity contribution in [2.75, 3.05) is 5.75 Å². The minimum absolute atomic E-state index is 0.0884. The molecule has 1 radical (unpaired) electrons. The van der Waals surface area contributed by atoms with Crippen LogP contribution >= 0.6 is 11.6 Å². The maximum absolute atomic E-state index is 11.2. The maximum Gasteiger partial charge on any atom is 0.178 e. The summed E-state index contributed by atoms with van der Waals surface area (Å²) in [7, 11) is -3.13. The minimum Gasteiger partial charge on any atom is -0.224 e. The molecule has 0 heterocycles. The number of hydrogen-bond acceptors (Lipinski definition) is 2. The lowest BCUT2D eigenvalue weighted by atomic mass is 10.4. The molecular weight excluding hydrogens is 196 g/mol. The smallest absolute Gasteiger partial charge is 0.178 e. The molecule has 0 bridgehead atoms. The molecule has 1 rings (SSSR count). The van der Waals surface area contributed by atoms with E-state index in [9.17, 15) is 8.42 Å². The normalized spacial score (nSPS) is 11.5. The summed E-state index contributed by atoms with van der Waals surface area (Å²) in [6.45, 7) is 1.60. The van der Waals surface area contributed by atoms with Crippen molar-refractivity contribution in [2.45, 2.75) is 11.8 Å². The van der Waals surface area contributed by atoms with Gasteiger partial charge in [-0.05, 0) is 18.2 Å². The quantitative estimate of drug-likeness (QED) is 0.736. The first-order valence-electron chi connectivity index (χ1n) is 3.46. The highest BCUT2D eigenvalue weighted by Crippen LogP contribution is 2.14. The van der Waals surface area contributed by atoms with Crippen LogP contribution in [0.25, 0.3) is 0 Å². The Balaban J connectivity index is 3.14. The zero-order chi connectivity index (χ0) is 9.19. The predicted octanol–water partition coefficient (Wildman–Crippen LogP) is 1.93. The van der Waals surface area contributed by atoms with E-state index in [-0.39, 0.29) is 10.6 Å². The third-order valence-electron chi connectivity index (χ3n) is 1.46. The zero-order valence-electron chi connectivity index (χ0n) is 6.54. The molecule has 0 amide bonds. The summed E-state index contributed by atoms with van der Waals surface area (Å²) in [6, 6.07) is 7.06. The van der Waals surface area contributed by atoms with E-state index >= 15 is 0 Å². The Morgan fingerprint density at radius 1 is 1.50 bits per heavy atom. The molecule has 0 aliphatic heterocycles. The van der Waals surface area contributed by atoms with Crippen LogP contribution in [0, 0.1) is 6.07 Å². The van der Waals surface area contributed by atoms with E-state index in [2.05, 4.69) is 6.07 Å². The summed E-state index contributed by atoms with van der Waals surface area (Å²) >= 11 is 5.58. The van der Waals surface area contributed by atoms with Gasteiger partial charge in [0.25, 0.3) is 0 Å². The fourth-order valence-electron chi connectivity index (χ4n) is 0.741. The fourth-order valence-corrected chi connectivity index (χ4v) is 1.68. The second kappa shape index (κ2) is 3.46. The van der Waals surface area contributed by atoms with E-state index in [4.69, 9.17) is 11.6 Å². The van der Waals surface area contributed by atoms with Crippen LogP contribution < -0.4 is 0 Å². The summed E-state index contributed by atoms with van der Waals surface area (Å²) in [6.07, 6.45) is 0. The van der Waals surface area contributed by atoms with Crippen LogP contribution in [0.5, 0.6) is 0 Å². The molecule has 12 heavy (non-hydrogen) atoms. The molecule has 1 aromatic carbocycles. The van der Waals surface area contributed by atoms with Crippen molar-refractivity contribution < 1.29 is 8.42 Å². The first-order chi connectivity index (χ1) is 5.56. The predicted molar refractivity (Wildman–Crippen MR) is 48.0 cm³/mol. The molecule has 2 nitrogen and oxygen atoms in total. The van der Waals surface area contributed by atoms with E-state index < -0.39 is 9.84 Å². The second-order valence-corrected chi connectivity index (χ2v) is 4.96. The molecule has 0 aromatic heterocycles. The van der Waals surface area contributed by atoms with Crippen LogP contribution in [0.15, 0.2) is 23.1 Å². The Morgan fingerprint density at radius 2 is 2.17 bits per heavy atom. The van der Waals surface area contributed by atoms with E-state index in [1.54, 1.807) is 13.0 Å². The van der Waals surface area contributed by atoms with Gasteiger partial charge in [-0.1, -0.05) is 18.5 Å². The van der Waals surface area contributed by atoms with Gasteiger partial charge in [-0.2, -0.15) is 0 Å². The van der Waals surface area contributed by atoms with Crippen LogP contribution in [-0.2, 0) is 9.84 Å². The van der Waals surface area contributed by atoms with Crippen LogP contribution in [0.2, 0.25) is 5.02 Å². The fraction of sp³-hybridized carbons (Fsp3) is 0.250. The van der Waals surface area contributed by atoms with Crippen molar-refractivity contribution >= 4 is 21.4 Å². The highest BCUT2D eigenvalue weighted by Gasteiger charge is 2.10. The lowest BCUT2D eigenvalue weighted by Crippen LogP contribution is -2.03. The number of benzene rings is 1. The maximum atomic E-state index is 11.2. The van der Waals surface area contributed by atoms with Crippen molar-refractivity contribution in [3.63, 3.8) is 0 Å². The molecule has 0 unspecified atom stereocenters. The van der Waals surface area contributed by atoms with Crippen molar-refractivity contribution in [3.8, 4) is 0 Å². The van der Waals surface area contributed by atoms with Crippen molar-refractivity contribution in [3.05, 3.63) is 29.3 Å². The van der Waals surface area contributed by atoms with Gasteiger partial charge in [0.05, 0.1) is 10.6 Å². The number of rotatable bonds is 2. The first kappa shape index (κ1) is 9.55. The molecule has 65 valence electrons. The van der Waals surface area contributed by atoms with Crippen LogP contribution in [0.4, 0.5) is 0 Å². The highest BCUT2D eigenvalue weighted by atomic mass is 35.5. The van der Waals surface area contributed by atoms with Gasteiger partial charge in [-0.3, -0.25) is 0 Å². The SMILES string of the molecule is CCS(=O)(=O)c1[c]cc(Cl)cc1. The third-order valence-corrected chi connectivity index (χ3v) is 3.38. The second-order valence-electron chi connectivity index (χ2n) is 2.27. The standard InChI is InChI=1S/C8H8ClO2S/c1-2-12(10,11)8-5-3-7(9)4-6-8/h3-5H,2H2,1H3. The van der Waals surface area contributed by atoms with E-state index in [1.165, 1.54) is 12.1 Å². The molecule has 0 saturated carbocycles. The monoisotopic (exact) mass is 203 g/mol. The summed E-state index contributed by atoms with van der Waals surface area (Å²) in [5.74, 6) is 0.0884. The van der Waals surface area contributed by atoms with Gasteiger partial charge in [0, 0.05) is 11.1 Å². The zero-order valence-corrected chi connectivity index (χ0v) is 8.11. The summed E-state index contributed by atoms with van der Waals surface area (Å²) in [5.41, 5.74) is 0. The third kappa shape index (κ3) is 1.99. The Bertz CT molecular complexity index is 353. The van der Waals surface area contributed by atoms with Crippen LogP contribution in [0.1, 0.15) is 6.92 Å². The van der Waals surface area contributed by atoms with Crippen LogP contribution in [-0.4, -0.2) is 14.2 Å². The molecule has 0 saturated heterocycles. The van der Waals surface area contributed by atoms with Gasteiger partial charge in [-0.15, -0.1) is 0 Å².